The van der Waals surface area contributed by atoms with Crippen LogP contribution in [0.2, 0.25) is 10.0 Å². The van der Waals surface area contributed by atoms with Gasteiger partial charge in [-0.1, -0.05) is 35.3 Å². The maximum Gasteiger partial charge on any atom is 0.248 e. The van der Waals surface area contributed by atoms with Crippen molar-refractivity contribution in [2.24, 2.45) is 0 Å². The van der Waals surface area contributed by atoms with E-state index in [4.69, 9.17) is 32.7 Å². The number of carbonyl (C=O) groups is 1. The molecule has 1 saturated heterocycles. The molecular formula is C20H20Cl2N2O3. The number of benzene rings is 2. The van der Waals surface area contributed by atoms with Crippen molar-refractivity contribution in [2.75, 3.05) is 43.6 Å². The van der Waals surface area contributed by atoms with Crippen molar-refractivity contribution in [3.8, 4) is 5.75 Å². The lowest BCUT2D eigenvalue weighted by Crippen LogP contribution is -2.36. The van der Waals surface area contributed by atoms with Crippen molar-refractivity contribution >= 4 is 46.6 Å². The van der Waals surface area contributed by atoms with Gasteiger partial charge in [-0.25, -0.2) is 0 Å². The molecule has 1 N–H and O–H groups in total. The molecule has 27 heavy (non-hydrogen) atoms. The Morgan fingerprint density at radius 1 is 1.22 bits per heavy atom. The minimum atomic E-state index is -0.256. The van der Waals surface area contributed by atoms with Crippen molar-refractivity contribution < 1.29 is 14.3 Å². The largest absolute Gasteiger partial charge is 0.495 e. The summed E-state index contributed by atoms with van der Waals surface area (Å²) < 4.78 is 10.7. The predicted octanol–water partition coefficient (Wildman–Crippen LogP) is 4.49. The van der Waals surface area contributed by atoms with Gasteiger partial charge in [0.25, 0.3) is 0 Å². The summed E-state index contributed by atoms with van der Waals surface area (Å²) in [6, 6.07) is 11.0. The third-order valence-electron chi connectivity index (χ3n) is 4.17. The summed E-state index contributed by atoms with van der Waals surface area (Å²) in [5.41, 5.74) is 2.36. The zero-order chi connectivity index (χ0) is 19.2. The number of hydrogen-bond donors (Lipinski definition) is 1. The van der Waals surface area contributed by atoms with Crippen molar-refractivity contribution in [1.29, 1.82) is 0 Å². The summed E-state index contributed by atoms with van der Waals surface area (Å²) in [4.78, 5) is 14.6. The van der Waals surface area contributed by atoms with Gasteiger partial charge in [-0.05, 0) is 30.3 Å². The lowest BCUT2D eigenvalue weighted by Gasteiger charge is -2.30. The van der Waals surface area contributed by atoms with E-state index in [9.17, 15) is 4.79 Å². The summed E-state index contributed by atoms with van der Waals surface area (Å²) in [5.74, 6) is 0.215. The highest BCUT2D eigenvalue weighted by Gasteiger charge is 2.15. The molecule has 1 amide bonds. The second kappa shape index (κ2) is 9.13. The number of rotatable bonds is 5. The number of halogens is 2. The predicted molar refractivity (Wildman–Crippen MR) is 110 cm³/mol. The topological polar surface area (TPSA) is 50.8 Å². The first-order chi connectivity index (χ1) is 13.1. The van der Waals surface area contributed by atoms with E-state index in [0.717, 1.165) is 24.5 Å². The van der Waals surface area contributed by atoms with Crippen LogP contribution in [0.25, 0.3) is 6.08 Å². The number of ether oxygens (including phenoxy) is 2. The van der Waals surface area contributed by atoms with E-state index in [1.807, 2.05) is 24.3 Å². The molecular weight excluding hydrogens is 387 g/mol. The molecule has 1 aliphatic rings. The Hall–Kier alpha value is -2.21. The first-order valence-corrected chi connectivity index (χ1v) is 9.28. The molecule has 2 aromatic rings. The van der Waals surface area contributed by atoms with Crippen LogP contribution in [0.4, 0.5) is 11.4 Å². The SMILES string of the molecule is COc1c(Cl)cc(Cl)cc1/C=C/C(=O)Nc1ccccc1N1CCOCC1. The van der Waals surface area contributed by atoms with Crippen LogP contribution in [-0.2, 0) is 9.53 Å². The number of nitrogens with zero attached hydrogens (tertiary/aromatic N) is 1. The maximum atomic E-state index is 12.4. The van der Waals surface area contributed by atoms with Crippen molar-refractivity contribution in [1.82, 2.24) is 0 Å². The fraction of sp³-hybridized carbons (Fsp3) is 0.250. The average molecular weight is 407 g/mol. The standard InChI is InChI=1S/C20H20Cl2N2O3/c1-26-20-14(12-15(21)13-16(20)22)6-7-19(25)23-17-4-2-3-5-18(17)24-8-10-27-11-9-24/h2-7,12-13H,8-11H2,1H3,(H,23,25)/b7-6+. The first-order valence-electron chi connectivity index (χ1n) is 8.52. The number of morpholine rings is 1. The van der Waals surface area contributed by atoms with E-state index in [0.29, 0.717) is 34.6 Å². The molecule has 0 radical (unpaired) electrons. The second-order valence-electron chi connectivity index (χ2n) is 5.95. The van der Waals surface area contributed by atoms with E-state index >= 15 is 0 Å². The monoisotopic (exact) mass is 406 g/mol. The Balaban J connectivity index is 1.76. The fourth-order valence-electron chi connectivity index (χ4n) is 2.92. The fourth-order valence-corrected chi connectivity index (χ4v) is 3.50. The van der Waals surface area contributed by atoms with Crippen LogP contribution in [0.15, 0.2) is 42.5 Å². The number of hydrogen-bond acceptors (Lipinski definition) is 4. The summed E-state index contributed by atoms with van der Waals surface area (Å²) >= 11 is 12.2. The smallest absolute Gasteiger partial charge is 0.248 e. The Bertz CT molecular complexity index is 849. The van der Waals surface area contributed by atoms with Crippen LogP contribution in [0.1, 0.15) is 5.56 Å². The van der Waals surface area contributed by atoms with Crippen LogP contribution in [0, 0.1) is 0 Å². The van der Waals surface area contributed by atoms with E-state index in [1.165, 1.54) is 13.2 Å². The van der Waals surface area contributed by atoms with Crippen LogP contribution in [0.3, 0.4) is 0 Å². The highest BCUT2D eigenvalue weighted by Crippen LogP contribution is 2.33. The summed E-state index contributed by atoms with van der Waals surface area (Å²) in [6.07, 6.45) is 3.06. The third kappa shape index (κ3) is 4.95. The van der Waals surface area contributed by atoms with Crippen LogP contribution < -0.4 is 15.0 Å². The lowest BCUT2D eigenvalue weighted by atomic mass is 10.1. The average Bonchev–Trinajstić information content (AvgIpc) is 2.67. The number of anilines is 2. The molecule has 1 fully saturated rings. The zero-order valence-corrected chi connectivity index (χ0v) is 16.4. The molecule has 0 saturated carbocycles. The zero-order valence-electron chi connectivity index (χ0n) is 14.9. The van der Waals surface area contributed by atoms with Crippen molar-refractivity contribution in [2.45, 2.75) is 0 Å². The van der Waals surface area contributed by atoms with Gasteiger partial charge < -0.3 is 19.7 Å². The van der Waals surface area contributed by atoms with Gasteiger partial charge >= 0.3 is 0 Å². The Morgan fingerprint density at radius 2 is 1.96 bits per heavy atom. The Kier molecular flexibility index (Phi) is 6.61. The van der Waals surface area contributed by atoms with Crippen LogP contribution in [-0.4, -0.2) is 39.3 Å². The quantitative estimate of drug-likeness (QED) is 0.743. The molecule has 0 atom stereocenters. The van der Waals surface area contributed by atoms with Gasteiger partial charge in [0, 0.05) is 29.8 Å². The molecule has 7 heteroatoms. The van der Waals surface area contributed by atoms with E-state index in [-0.39, 0.29) is 5.91 Å². The Labute approximate surface area is 168 Å². The van der Waals surface area contributed by atoms with Gasteiger partial charge in [-0.15, -0.1) is 0 Å². The lowest BCUT2D eigenvalue weighted by molar-refractivity contribution is -0.111. The van der Waals surface area contributed by atoms with Gasteiger partial charge in [0.2, 0.25) is 5.91 Å². The molecule has 2 aromatic carbocycles. The maximum absolute atomic E-state index is 12.4. The molecule has 0 unspecified atom stereocenters. The van der Waals surface area contributed by atoms with E-state index < -0.39 is 0 Å². The van der Waals surface area contributed by atoms with Gasteiger partial charge in [-0.2, -0.15) is 0 Å². The molecule has 5 nitrogen and oxygen atoms in total. The molecule has 0 aliphatic carbocycles. The Morgan fingerprint density at radius 3 is 2.70 bits per heavy atom. The normalized spacial score (nSPS) is 14.4. The van der Waals surface area contributed by atoms with Gasteiger partial charge in [0.15, 0.2) is 0 Å². The van der Waals surface area contributed by atoms with Crippen molar-refractivity contribution in [3.05, 3.63) is 58.1 Å². The molecule has 3 rings (SSSR count). The summed E-state index contributed by atoms with van der Waals surface area (Å²) in [6.45, 7) is 2.94. The number of nitrogens with one attached hydrogen (secondary N) is 1. The minimum Gasteiger partial charge on any atom is -0.495 e. The molecule has 0 spiro atoms. The van der Waals surface area contributed by atoms with E-state index in [2.05, 4.69) is 10.2 Å². The second-order valence-corrected chi connectivity index (χ2v) is 6.79. The molecule has 0 aromatic heterocycles. The molecule has 142 valence electrons. The first kappa shape index (κ1) is 19.5. The highest BCUT2D eigenvalue weighted by molar-refractivity contribution is 6.36. The number of methoxy groups -OCH3 is 1. The molecule has 1 heterocycles. The summed E-state index contributed by atoms with van der Waals surface area (Å²) in [7, 11) is 1.52. The number of carbonyl (C=O) groups excluding carboxylic acids is 1. The van der Waals surface area contributed by atoms with Crippen LogP contribution >= 0.6 is 23.2 Å². The third-order valence-corrected chi connectivity index (χ3v) is 4.67. The van der Waals surface area contributed by atoms with Gasteiger partial charge in [0.1, 0.15) is 5.75 Å². The molecule has 1 aliphatic heterocycles. The minimum absolute atomic E-state index is 0.256. The highest BCUT2D eigenvalue weighted by atomic mass is 35.5. The molecule has 0 bridgehead atoms. The van der Waals surface area contributed by atoms with Crippen molar-refractivity contribution in [3.63, 3.8) is 0 Å². The number of para-hydroxylation sites is 2. The number of amides is 1. The van der Waals surface area contributed by atoms with Gasteiger partial charge in [-0.3, -0.25) is 4.79 Å². The van der Waals surface area contributed by atoms with E-state index in [1.54, 1.807) is 18.2 Å². The van der Waals surface area contributed by atoms with Crippen LogP contribution in [0.5, 0.6) is 5.75 Å². The summed E-state index contributed by atoms with van der Waals surface area (Å²) in [5, 5.41) is 3.79. The van der Waals surface area contributed by atoms with Gasteiger partial charge in [0.05, 0.1) is 36.7 Å².